The van der Waals surface area contributed by atoms with Gasteiger partial charge in [-0.25, -0.2) is 0 Å². The Hall–Kier alpha value is -3.44. The van der Waals surface area contributed by atoms with Crippen molar-refractivity contribution in [2.75, 3.05) is 6.73 Å². The maximum absolute atomic E-state index is 13.3. The molecule has 2 aromatic carbocycles. The molecular formula is C24H20N2O3. The largest absolute Gasteiger partial charge is 0.478 e. The minimum atomic E-state index is -0.0119. The predicted molar refractivity (Wildman–Crippen MR) is 112 cm³/mol. The lowest BCUT2D eigenvalue weighted by Crippen LogP contribution is -2.31. The van der Waals surface area contributed by atoms with Crippen LogP contribution in [0.3, 0.4) is 0 Å². The molecule has 0 bridgehead atoms. The van der Waals surface area contributed by atoms with Gasteiger partial charge in [-0.2, -0.15) is 0 Å². The molecule has 5 rings (SSSR count). The summed E-state index contributed by atoms with van der Waals surface area (Å²) in [7, 11) is 0. The summed E-state index contributed by atoms with van der Waals surface area (Å²) in [4.78, 5) is 19.6. The van der Waals surface area contributed by atoms with Crippen LogP contribution >= 0.6 is 0 Å². The van der Waals surface area contributed by atoms with Crippen molar-refractivity contribution < 1.29 is 9.15 Å². The number of aryl methyl sites for hydroxylation is 1. The molecular weight excluding hydrogens is 364 g/mol. The van der Waals surface area contributed by atoms with Crippen molar-refractivity contribution in [2.24, 2.45) is 0 Å². The Morgan fingerprint density at radius 1 is 1.07 bits per heavy atom. The summed E-state index contributed by atoms with van der Waals surface area (Å²) in [6.45, 7) is 3.70. The van der Waals surface area contributed by atoms with Crippen LogP contribution in [-0.4, -0.2) is 16.6 Å². The van der Waals surface area contributed by atoms with Crippen molar-refractivity contribution in [3.05, 3.63) is 94.1 Å². The van der Waals surface area contributed by atoms with Gasteiger partial charge in [0.2, 0.25) is 5.43 Å². The van der Waals surface area contributed by atoms with Gasteiger partial charge >= 0.3 is 0 Å². The first-order valence-electron chi connectivity index (χ1n) is 9.59. The molecule has 0 fully saturated rings. The lowest BCUT2D eigenvalue weighted by molar-refractivity contribution is 0.0889. The fourth-order valence-electron chi connectivity index (χ4n) is 3.91. The zero-order valence-electron chi connectivity index (χ0n) is 16.1. The summed E-state index contributed by atoms with van der Waals surface area (Å²) >= 11 is 0. The number of benzene rings is 2. The molecule has 4 aromatic rings. The van der Waals surface area contributed by atoms with Crippen LogP contribution in [0.2, 0.25) is 0 Å². The van der Waals surface area contributed by atoms with Crippen LogP contribution in [0.1, 0.15) is 16.9 Å². The molecule has 0 spiro atoms. The summed E-state index contributed by atoms with van der Waals surface area (Å²) < 4.78 is 12.2. The van der Waals surface area contributed by atoms with E-state index in [0.29, 0.717) is 35.6 Å². The number of nitrogens with zero attached hydrogens (tertiary/aromatic N) is 2. The second kappa shape index (κ2) is 7.18. The number of fused-ring (bicyclic) bond motifs is 3. The van der Waals surface area contributed by atoms with Crippen LogP contribution < -0.4 is 10.2 Å². The number of aromatic nitrogens is 1. The standard InChI is InChI=1S/C24H20N2O3/c1-16-22(18-7-3-2-4-8-18)23(27)19-9-10-21-20(24(19)29-16)14-26(15-28-21)13-17-6-5-11-25-12-17/h2-12H,13-15H2,1H3. The first-order valence-corrected chi connectivity index (χ1v) is 9.59. The first kappa shape index (κ1) is 17.6. The molecule has 0 amide bonds. The Kier molecular flexibility index (Phi) is 4.37. The molecule has 3 heterocycles. The number of hydrogen-bond donors (Lipinski definition) is 0. The van der Waals surface area contributed by atoms with E-state index < -0.39 is 0 Å². The third-order valence-electron chi connectivity index (χ3n) is 5.27. The molecule has 0 radical (unpaired) electrons. The SMILES string of the molecule is Cc1oc2c3c(ccc2c(=O)c1-c1ccccc1)OCN(Cc1cccnc1)C3. The second-order valence-corrected chi connectivity index (χ2v) is 7.27. The van der Waals surface area contributed by atoms with E-state index in [-0.39, 0.29) is 5.43 Å². The third-order valence-corrected chi connectivity index (χ3v) is 5.27. The van der Waals surface area contributed by atoms with E-state index in [2.05, 4.69) is 9.88 Å². The minimum absolute atomic E-state index is 0.0119. The average Bonchev–Trinajstić information content (AvgIpc) is 2.75. The third kappa shape index (κ3) is 3.19. The van der Waals surface area contributed by atoms with Gasteiger partial charge in [-0.05, 0) is 36.2 Å². The molecule has 0 unspecified atom stereocenters. The van der Waals surface area contributed by atoms with E-state index >= 15 is 0 Å². The highest BCUT2D eigenvalue weighted by Crippen LogP contribution is 2.34. The highest BCUT2D eigenvalue weighted by Gasteiger charge is 2.24. The Labute approximate surface area is 168 Å². The number of hydrogen-bond acceptors (Lipinski definition) is 5. The molecule has 29 heavy (non-hydrogen) atoms. The van der Waals surface area contributed by atoms with Crippen molar-refractivity contribution in [3.8, 4) is 16.9 Å². The molecule has 0 saturated heterocycles. The summed E-state index contributed by atoms with van der Waals surface area (Å²) in [5.74, 6) is 1.39. The van der Waals surface area contributed by atoms with Gasteiger partial charge in [0.15, 0.2) is 0 Å². The highest BCUT2D eigenvalue weighted by atomic mass is 16.5. The zero-order valence-corrected chi connectivity index (χ0v) is 16.1. The van der Waals surface area contributed by atoms with Crippen LogP contribution in [0, 0.1) is 6.92 Å². The van der Waals surface area contributed by atoms with E-state index in [0.717, 1.165) is 29.0 Å². The quantitative estimate of drug-likeness (QED) is 0.520. The molecule has 0 N–H and O–H groups in total. The van der Waals surface area contributed by atoms with Gasteiger partial charge in [0, 0.05) is 25.5 Å². The zero-order chi connectivity index (χ0) is 19.8. The van der Waals surface area contributed by atoms with Gasteiger partial charge in [0.05, 0.1) is 16.5 Å². The van der Waals surface area contributed by atoms with Crippen molar-refractivity contribution >= 4 is 11.0 Å². The summed E-state index contributed by atoms with van der Waals surface area (Å²) in [6.07, 6.45) is 3.62. The Morgan fingerprint density at radius 3 is 2.72 bits per heavy atom. The van der Waals surface area contributed by atoms with E-state index in [1.807, 2.05) is 67.7 Å². The van der Waals surface area contributed by atoms with E-state index in [1.165, 1.54) is 0 Å². The van der Waals surface area contributed by atoms with Crippen molar-refractivity contribution in [1.82, 2.24) is 9.88 Å². The normalized spacial score (nSPS) is 13.8. The maximum atomic E-state index is 13.3. The van der Waals surface area contributed by atoms with Gasteiger partial charge in [-0.3, -0.25) is 14.7 Å². The van der Waals surface area contributed by atoms with E-state index in [1.54, 1.807) is 6.20 Å². The molecule has 0 aliphatic carbocycles. The smallest absolute Gasteiger partial charge is 0.200 e. The van der Waals surface area contributed by atoms with Crippen LogP contribution in [0.5, 0.6) is 5.75 Å². The Morgan fingerprint density at radius 2 is 1.93 bits per heavy atom. The fourth-order valence-corrected chi connectivity index (χ4v) is 3.91. The molecule has 2 aromatic heterocycles. The van der Waals surface area contributed by atoms with Gasteiger partial charge in [0.1, 0.15) is 23.8 Å². The lowest BCUT2D eigenvalue weighted by Gasteiger charge is -2.29. The highest BCUT2D eigenvalue weighted by molar-refractivity contribution is 5.86. The average molecular weight is 384 g/mol. The van der Waals surface area contributed by atoms with Gasteiger partial charge < -0.3 is 9.15 Å². The molecule has 0 saturated carbocycles. The summed E-state index contributed by atoms with van der Waals surface area (Å²) in [6, 6.07) is 17.3. The molecule has 1 aliphatic rings. The van der Waals surface area contributed by atoms with Gasteiger partial charge in [-0.1, -0.05) is 36.4 Å². The fraction of sp³-hybridized carbons (Fsp3) is 0.167. The summed E-state index contributed by atoms with van der Waals surface area (Å²) in [5, 5.41) is 0.583. The molecule has 5 heteroatoms. The second-order valence-electron chi connectivity index (χ2n) is 7.27. The number of rotatable bonds is 3. The lowest BCUT2D eigenvalue weighted by atomic mass is 10.0. The van der Waals surface area contributed by atoms with Gasteiger partial charge in [0.25, 0.3) is 0 Å². The van der Waals surface area contributed by atoms with Gasteiger partial charge in [-0.15, -0.1) is 0 Å². The monoisotopic (exact) mass is 384 g/mol. The Balaban J connectivity index is 1.58. The number of ether oxygens (including phenoxy) is 1. The van der Waals surface area contributed by atoms with E-state index in [4.69, 9.17) is 9.15 Å². The van der Waals surface area contributed by atoms with Crippen LogP contribution in [-0.2, 0) is 13.1 Å². The van der Waals surface area contributed by atoms with Crippen molar-refractivity contribution in [3.63, 3.8) is 0 Å². The minimum Gasteiger partial charge on any atom is -0.478 e. The summed E-state index contributed by atoms with van der Waals surface area (Å²) in [5.41, 5.74) is 4.11. The topological polar surface area (TPSA) is 55.6 Å². The number of pyridine rings is 1. The molecule has 5 nitrogen and oxygen atoms in total. The maximum Gasteiger partial charge on any atom is 0.200 e. The van der Waals surface area contributed by atoms with Crippen LogP contribution in [0.15, 0.2) is 76.2 Å². The molecule has 1 aliphatic heterocycles. The first-order chi connectivity index (χ1) is 14.2. The molecule has 0 atom stereocenters. The van der Waals surface area contributed by atoms with E-state index in [9.17, 15) is 4.79 Å². The van der Waals surface area contributed by atoms with Crippen molar-refractivity contribution in [2.45, 2.75) is 20.0 Å². The Bertz CT molecular complexity index is 1230. The van der Waals surface area contributed by atoms with Crippen LogP contribution in [0.25, 0.3) is 22.1 Å². The van der Waals surface area contributed by atoms with Crippen molar-refractivity contribution in [1.29, 1.82) is 0 Å². The predicted octanol–water partition coefficient (Wildman–Crippen LogP) is 4.52. The molecule has 144 valence electrons. The van der Waals surface area contributed by atoms with Crippen LogP contribution in [0.4, 0.5) is 0 Å².